The molecule has 1 aliphatic rings. The van der Waals surface area contributed by atoms with Crippen LogP contribution in [-0.2, 0) is 13.0 Å². The predicted octanol–water partition coefficient (Wildman–Crippen LogP) is 3.40. The van der Waals surface area contributed by atoms with Crippen molar-refractivity contribution < 1.29 is 18.7 Å². The van der Waals surface area contributed by atoms with Crippen LogP contribution in [0.4, 0.5) is 0 Å². The number of rotatable bonds is 4. The van der Waals surface area contributed by atoms with E-state index >= 15 is 0 Å². The predicted molar refractivity (Wildman–Crippen MR) is 96.8 cm³/mol. The molecule has 1 amide bonds. The van der Waals surface area contributed by atoms with Crippen molar-refractivity contribution >= 4 is 11.7 Å². The lowest BCUT2D eigenvalue weighted by Gasteiger charge is -2.19. The van der Waals surface area contributed by atoms with Crippen molar-refractivity contribution in [3.63, 3.8) is 0 Å². The Balaban J connectivity index is 1.87. The van der Waals surface area contributed by atoms with E-state index in [0.717, 1.165) is 29.0 Å². The van der Waals surface area contributed by atoms with Crippen molar-refractivity contribution in [3.8, 4) is 5.75 Å². The van der Waals surface area contributed by atoms with Gasteiger partial charge in [0.1, 0.15) is 11.5 Å². The van der Waals surface area contributed by atoms with E-state index < -0.39 is 0 Å². The number of carbonyl (C=O) groups is 2. The molecule has 0 atom stereocenters. The maximum atomic E-state index is 12.9. The van der Waals surface area contributed by atoms with E-state index in [0.29, 0.717) is 36.3 Å². The van der Waals surface area contributed by atoms with Crippen molar-refractivity contribution in [2.45, 2.75) is 46.6 Å². The quantitative estimate of drug-likeness (QED) is 0.839. The molecule has 0 aliphatic heterocycles. The van der Waals surface area contributed by atoms with E-state index in [1.807, 2.05) is 13.8 Å². The number of aryl methyl sites for hydroxylation is 2. The molecule has 2 aromatic rings. The Morgan fingerprint density at radius 2 is 2.00 bits per heavy atom. The number of nitrogens with zero attached hydrogens (tertiary/aromatic N) is 2. The summed E-state index contributed by atoms with van der Waals surface area (Å²) in [5, 5.41) is 0. The summed E-state index contributed by atoms with van der Waals surface area (Å²) in [7, 11) is 3.33. The molecular formula is C20H24N2O4. The maximum Gasteiger partial charge on any atom is 0.289 e. The van der Waals surface area contributed by atoms with Gasteiger partial charge in [-0.3, -0.25) is 14.6 Å². The third-order valence-corrected chi connectivity index (χ3v) is 4.98. The Labute approximate surface area is 153 Å². The minimum atomic E-state index is -0.245. The molecule has 0 fully saturated rings. The number of ether oxygens (including phenoxy) is 1. The van der Waals surface area contributed by atoms with Crippen LogP contribution in [0.2, 0.25) is 0 Å². The molecule has 6 heteroatoms. The van der Waals surface area contributed by atoms with Gasteiger partial charge in [-0.05, 0) is 27.2 Å². The topological polar surface area (TPSA) is 72.6 Å². The number of fused-ring (bicyclic) bond motifs is 1. The van der Waals surface area contributed by atoms with E-state index in [9.17, 15) is 9.59 Å². The van der Waals surface area contributed by atoms with Crippen LogP contribution in [-0.4, -0.2) is 35.7 Å². The highest BCUT2D eigenvalue weighted by molar-refractivity contribution is 6.03. The third-order valence-electron chi connectivity index (χ3n) is 4.98. The smallest absolute Gasteiger partial charge is 0.289 e. The van der Waals surface area contributed by atoms with Crippen LogP contribution >= 0.6 is 0 Å². The number of pyridine rings is 1. The maximum absolute atomic E-state index is 12.9. The number of Topliss-reactive ketones (excluding diaryl/α,β-unsaturated/α-hetero) is 1. The first-order chi connectivity index (χ1) is 12.3. The van der Waals surface area contributed by atoms with Gasteiger partial charge in [-0.1, -0.05) is 0 Å². The number of amides is 1. The first-order valence-electron chi connectivity index (χ1n) is 8.75. The Morgan fingerprint density at radius 1 is 1.27 bits per heavy atom. The monoisotopic (exact) mass is 356 g/mol. The summed E-state index contributed by atoms with van der Waals surface area (Å²) in [4.78, 5) is 31.0. The summed E-state index contributed by atoms with van der Waals surface area (Å²) in [5.74, 6) is 1.50. The number of furan rings is 1. The fourth-order valence-corrected chi connectivity index (χ4v) is 3.55. The molecule has 0 unspecified atom stereocenters. The van der Waals surface area contributed by atoms with Crippen LogP contribution in [0, 0.1) is 20.8 Å². The average Bonchev–Trinajstić information content (AvgIpc) is 2.95. The van der Waals surface area contributed by atoms with Gasteiger partial charge in [0.05, 0.1) is 24.9 Å². The highest BCUT2D eigenvalue weighted by atomic mass is 16.5. The van der Waals surface area contributed by atoms with Gasteiger partial charge in [-0.2, -0.15) is 0 Å². The second-order valence-corrected chi connectivity index (χ2v) is 6.84. The Morgan fingerprint density at radius 3 is 2.65 bits per heavy atom. The van der Waals surface area contributed by atoms with Crippen molar-refractivity contribution in [2.75, 3.05) is 14.2 Å². The molecule has 6 nitrogen and oxygen atoms in total. The van der Waals surface area contributed by atoms with Crippen LogP contribution in [0.5, 0.6) is 5.75 Å². The highest BCUT2D eigenvalue weighted by Gasteiger charge is 2.30. The van der Waals surface area contributed by atoms with Gasteiger partial charge in [0.2, 0.25) is 0 Å². The molecular weight excluding hydrogens is 332 g/mol. The summed E-state index contributed by atoms with van der Waals surface area (Å²) in [5.41, 5.74) is 3.88. The largest absolute Gasteiger partial charge is 0.496 e. The van der Waals surface area contributed by atoms with Crippen molar-refractivity contribution in [1.82, 2.24) is 9.88 Å². The lowest BCUT2D eigenvalue weighted by molar-refractivity contribution is 0.0747. The number of hydrogen-bond donors (Lipinski definition) is 0. The van der Waals surface area contributed by atoms with E-state index in [2.05, 4.69) is 4.98 Å². The van der Waals surface area contributed by atoms with Crippen LogP contribution in [0.15, 0.2) is 10.6 Å². The molecule has 0 aromatic carbocycles. The zero-order valence-corrected chi connectivity index (χ0v) is 15.9. The van der Waals surface area contributed by atoms with E-state index in [1.165, 1.54) is 0 Å². The lowest BCUT2D eigenvalue weighted by Crippen LogP contribution is -2.27. The second kappa shape index (κ2) is 6.94. The molecule has 0 saturated carbocycles. The van der Waals surface area contributed by atoms with E-state index in [-0.39, 0.29) is 17.5 Å². The van der Waals surface area contributed by atoms with Gasteiger partial charge in [0.15, 0.2) is 11.5 Å². The lowest BCUT2D eigenvalue weighted by atomic mass is 9.94. The standard InChI is InChI=1S/C20H24N2O4/c1-11-9-21-14(12(2)18(11)25-5)10-22(4)20(24)19-13(3)17-15(23)7-6-8-16(17)26-19/h9H,6-8,10H2,1-5H3. The fraction of sp³-hybridized carbons (Fsp3) is 0.450. The molecule has 0 saturated heterocycles. The highest BCUT2D eigenvalue weighted by Crippen LogP contribution is 2.30. The van der Waals surface area contributed by atoms with Gasteiger partial charge >= 0.3 is 0 Å². The zero-order valence-electron chi connectivity index (χ0n) is 15.9. The molecule has 138 valence electrons. The number of aromatic nitrogens is 1. The van der Waals surface area contributed by atoms with Crippen LogP contribution in [0.3, 0.4) is 0 Å². The number of hydrogen-bond acceptors (Lipinski definition) is 5. The molecule has 2 aromatic heterocycles. The van der Waals surface area contributed by atoms with Gasteiger partial charge in [-0.15, -0.1) is 0 Å². The summed E-state index contributed by atoms with van der Waals surface area (Å²) in [6.07, 6.45) is 3.74. The summed E-state index contributed by atoms with van der Waals surface area (Å²) in [6.45, 7) is 5.98. The fourth-order valence-electron chi connectivity index (χ4n) is 3.55. The van der Waals surface area contributed by atoms with E-state index in [1.54, 1.807) is 32.2 Å². The molecule has 0 N–H and O–H groups in total. The van der Waals surface area contributed by atoms with Crippen LogP contribution in [0.1, 0.15) is 61.9 Å². The normalized spacial score (nSPS) is 13.5. The number of methoxy groups -OCH3 is 1. The van der Waals surface area contributed by atoms with Crippen molar-refractivity contribution in [1.29, 1.82) is 0 Å². The third kappa shape index (κ3) is 3.00. The van der Waals surface area contributed by atoms with Gasteiger partial charge < -0.3 is 14.1 Å². The Bertz CT molecular complexity index is 882. The van der Waals surface area contributed by atoms with Crippen molar-refractivity contribution in [2.24, 2.45) is 0 Å². The zero-order chi connectivity index (χ0) is 19.0. The number of carbonyl (C=O) groups excluding carboxylic acids is 2. The summed E-state index contributed by atoms with van der Waals surface area (Å²) >= 11 is 0. The minimum Gasteiger partial charge on any atom is -0.496 e. The average molecular weight is 356 g/mol. The Kier molecular flexibility index (Phi) is 4.85. The molecule has 0 spiro atoms. The van der Waals surface area contributed by atoms with Crippen LogP contribution < -0.4 is 4.74 Å². The number of ketones is 1. The summed E-state index contributed by atoms with van der Waals surface area (Å²) in [6, 6.07) is 0. The van der Waals surface area contributed by atoms with Gasteiger partial charge in [0, 0.05) is 42.8 Å². The van der Waals surface area contributed by atoms with E-state index in [4.69, 9.17) is 9.15 Å². The Hall–Kier alpha value is -2.63. The molecule has 26 heavy (non-hydrogen) atoms. The first kappa shape index (κ1) is 18.2. The molecule has 3 rings (SSSR count). The minimum absolute atomic E-state index is 0.0648. The van der Waals surface area contributed by atoms with Gasteiger partial charge in [0.25, 0.3) is 5.91 Å². The SMILES string of the molecule is COc1c(C)cnc(CN(C)C(=O)c2oc3c(c2C)C(=O)CCC3)c1C. The van der Waals surface area contributed by atoms with Crippen LogP contribution in [0.25, 0.3) is 0 Å². The second-order valence-electron chi connectivity index (χ2n) is 6.84. The molecule has 0 bridgehead atoms. The molecule has 1 aliphatic carbocycles. The summed E-state index contributed by atoms with van der Waals surface area (Å²) < 4.78 is 11.2. The first-order valence-corrected chi connectivity index (χ1v) is 8.75. The van der Waals surface area contributed by atoms with Crippen molar-refractivity contribution in [3.05, 3.63) is 45.7 Å². The molecule has 0 radical (unpaired) electrons. The molecule has 2 heterocycles. The van der Waals surface area contributed by atoms with Gasteiger partial charge in [-0.25, -0.2) is 0 Å².